The number of hydrogen-bond donors (Lipinski definition) is 0. The second-order valence-electron chi connectivity index (χ2n) is 6.39. The summed E-state index contributed by atoms with van der Waals surface area (Å²) in [6, 6.07) is 2.71. The van der Waals surface area contributed by atoms with Gasteiger partial charge in [0, 0.05) is 30.5 Å². The van der Waals surface area contributed by atoms with E-state index in [1.165, 1.54) is 23.2 Å². The van der Waals surface area contributed by atoms with E-state index in [2.05, 4.69) is 4.98 Å². The van der Waals surface area contributed by atoms with Crippen LogP contribution in [0, 0.1) is 12.8 Å². The first-order valence-corrected chi connectivity index (χ1v) is 6.88. The molecular formula is C15H20F2N2O2. The van der Waals surface area contributed by atoms with Crippen molar-refractivity contribution in [1.29, 1.82) is 0 Å². The van der Waals surface area contributed by atoms with Gasteiger partial charge in [0.2, 0.25) is 0 Å². The van der Waals surface area contributed by atoms with Gasteiger partial charge >= 0.3 is 6.09 Å². The Morgan fingerprint density at radius 3 is 2.52 bits per heavy atom. The van der Waals surface area contributed by atoms with Gasteiger partial charge in [-0.2, -0.15) is 0 Å². The fourth-order valence-corrected chi connectivity index (χ4v) is 2.17. The zero-order valence-electron chi connectivity index (χ0n) is 12.7. The molecule has 1 saturated heterocycles. The van der Waals surface area contributed by atoms with E-state index >= 15 is 0 Å². The molecule has 2 rings (SSSR count). The van der Waals surface area contributed by atoms with E-state index in [0.717, 1.165) is 0 Å². The molecule has 1 aromatic heterocycles. The predicted molar refractivity (Wildman–Crippen MR) is 74.2 cm³/mol. The summed E-state index contributed by atoms with van der Waals surface area (Å²) >= 11 is 0. The molecule has 0 aliphatic carbocycles. The van der Waals surface area contributed by atoms with Crippen molar-refractivity contribution in [3.05, 3.63) is 29.6 Å². The molecule has 0 unspecified atom stereocenters. The lowest BCUT2D eigenvalue weighted by molar-refractivity contribution is -0.121. The maximum Gasteiger partial charge on any atom is 0.410 e. The normalized spacial score (nSPS) is 16.6. The smallest absolute Gasteiger partial charge is 0.410 e. The van der Waals surface area contributed by atoms with Crippen LogP contribution in [0.5, 0.6) is 0 Å². The van der Waals surface area contributed by atoms with Crippen LogP contribution < -0.4 is 0 Å². The minimum atomic E-state index is -2.97. The van der Waals surface area contributed by atoms with E-state index in [1.54, 1.807) is 27.7 Å². The molecule has 1 fully saturated rings. The highest BCUT2D eigenvalue weighted by Gasteiger charge is 2.50. The molecule has 0 aromatic carbocycles. The average Bonchev–Trinajstić information content (AvgIpc) is 2.23. The standard InChI is InChI=1S/C15H20F2N2O2/c1-10-7-11(5-6-18-10)15(16,17)12-8-19(9-12)13(20)21-14(2,3)4/h5-7,12H,8-9H2,1-4H3. The average molecular weight is 298 g/mol. The number of aryl methyl sites for hydroxylation is 1. The van der Waals surface area contributed by atoms with Crippen molar-refractivity contribution >= 4 is 6.09 Å². The van der Waals surface area contributed by atoms with E-state index in [0.29, 0.717) is 5.69 Å². The summed E-state index contributed by atoms with van der Waals surface area (Å²) in [5.41, 5.74) is -0.119. The lowest BCUT2D eigenvalue weighted by Crippen LogP contribution is -2.56. The van der Waals surface area contributed by atoms with Gasteiger partial charge in [0.15, 0.2) is 0 Å². The minimum absolute atomic E-state index is 0.00326. The van der Waals surface area contributed by atoms with Crippen LogP contribution in [0.25, 0.3) is 0 Å². The third-order valence-corrected chi connectivity index (χ3v) is 3.33. The van der Waals surface area contributed by atoms with Gasteiger partial charge in [0.05, 0.1) is 5.92 Å². The number of rotatable bonds is 2. The fourth-order valence-electron chi connectivity index (χ4n) is 2.17. The Morgan fingerprint density at radius 1 is 1.38 bits per heavy atom. The first-order valence-electron chi connectivity index (χ1n) is 6.88. The van der Waals surface area contributed by atoms with Crippen molar-refractivity contribution in [2.75, 3.05) is 13.1 Å². The molecule has 0 atom stereocenters. The zero-order chi connectivity index (χ0) is 15.8. The molecule has 0 radical (unpaired) electrons. The Bertz CT molecular complexity index is 535. The lowest BCUT2D eigenvalue weighted by Gasteiger charge is -2.43. The number of aromatic nitrogens is 1. The van der Waals surface area contributed by atoms with E-state index in [1.807, 2.05) is 0 Å². The monoisotopic (exact) mass is 298 g/mol. The summed E-state index contributed by atoms with van der Waals surface area (Å²) < 4.78 is 33.9. The van der Waals surface area contributed by atoms with E-state index < -0.39 is 23.5 Å². The first kappa shape index (κ1) is 15.7. The summed E-state index contributed by atoms with van der Waals surface area (Å²) in [6.07, 6.45) is 0.837. The van der Waals surface area contributed by atoms with Crippen molar-refractivity contribution < 1.29 is 18.3 Å². The number of ether oxygens (including phenoxy) is 1. The first-order chi connectivity index (χ1) is 9.59. The van der Waals surface area contributed by atoms with E-state index in [4.69, 9.17) is 4.74 Å². The molecule has 116 valence electrons. The molecule has 1 amide bonds. The van der Waals surface area contributed by atoms with Crippen LogP contribution in [0.3, 0.4) is 0 Å². The second kappa shape index (κ2) is 5.24. The Morgan fingerprint density at radius 2 is 2.00 bits per heavy atom. The SMILES string of the molecule is Cc1cc(C(F)(F)C2CN(C(=O)OC(C)(C)C)C2)ccn1. The fraction of sp³-hybridized carbons (Fsp3) is 0.600. The number of halogens is 2. The molecule has 2 heterocycles. The van der Waals surface area contributed by atoms with E-state index in [9.17, 15) is 13.6 Å². The van der Waals surface area contributed by atoms with Crippen LogP contribution in [-0.4, -0.2) is 34.7 Å². The summed E-state index contributed by atoms with van der Waals surface area (Å²) in [4.78, 5) is 17.0. The van der Waals surface area contributed by atoms with Crippen LogP contribution in [0.2, 0.25) is 0 Å². The Labute approximate surface area is 123 Å². The highest BCUT2D eigenvalue weighted by Crippen LogP contribution is 2.41. The van der Waals surface area contributed by atoms with Crippen molar-refractivity contribution in [1.82, 2.24) is 9.88 Å². The second-order valence-corrected chi connectivity index (χ2v) is 6.39. The topological polar surface area (TPSA) is 42.4 Å². The number of likely N-dealkylation sites (tertiary alicyclic amines) is 1. The number of pyridine rings is 1. The van der Waals surface area contributed by atoms with Gasteiger partial charge in [-0.05, 0) is 39.8 Å². The summed E-state index contributed by atoms with van der Waals surface area (Å²) in [6.45, 7) is 6.92. The molecule has 0 bridgehead atoms. The van der Waals surface area contributed by atoms with Crippen LogP contribution in [0.1, 0.15) is 32.0 Å². The van der Waals surface area contributed by atoms with Gasteiger partial charge < -0.3 is 9.64 Å². The molecule has 0 saturated carbocycles. The third-order valence-electron chi connectivity index (χ3n) is 3.33. The number of carbonyl (C=O) groups excluding carboxylic acids is 1. The summed E-state index contributed by atoms with van der Waals surface area (Å²) in [5.74, 6) is -3.85. The van der Waals surface area contributed by atoms with Crippen LogP contribution in [0.15, 0.2) is 18.3 Å². The van der Waals surface area contributed by atoms with Gasteiger partial charge in [-0.3, -0.25) is 4.98 Å². The minimum Gasteiger partial charge on any atom is -0.444 e. The van der Waals surface area contributed by atoms with Crippen molar-refractivity contribution in [2.24, 2.45) is 5.92 Å². The highest BCUT2D eigenvalue weighted by atomic mass is 19.3. The molecular weight excluding hydrogens is 278 g/mol. The molecule has 0 spiro atoms. The number of carbonyl (C=O) groups is 1. The Hall–Kier alpha value is -1.72. The predicted octanol–water partition coefficient (Wildman–Crippen LogP) is 3.35. The molecule has 1 aliphatic heterocycles. The van der Waals surface area contributed by atoms with Crippen molar-refractivity contribution in [3.8, 4) is 0 Å². The zero-order valence-corrected chi connectivity index (χ0v) is 12.7. The van der Waals surface area contributed by atoms with Gasteiger partial charge in [0.25, 0.3) is 5.92 Å². The maximum absolute atomic E-state index is 14.3. The molecule has 1 aromatic rings. The van der Waals surface area contributed by atoms with Crippen LogP contribution in [-0.2, 0) is 10.7 Å². The Kier molecular flexibility index (Phi) is 3.91. The van der Waals surface area contributed by atoms with Gasteiger partial charge in [0.1, 0.15) is 5.60 Å². The number of nitrogens with zero attached hydrogens (tertiary/aromatic N) is 2. The number of hydrogen-bond acceptors (Lipinski definition) is 3. The van der Waals surface area contributed by atoms with Crippen molar-refractivity contribution in [3.63, 3.8) is 0 Å². The van der Waals surface area contributed by atoms with Gasteiger partial charge in [-0.25, -0.2) is 13.6 Å². The molecule has 0 N–H and O–H groups in total. The van der Waals surface area contributed by atoms with Crippen molar-refractivity contribution in [2.45, 2.75) is 39.2 Å². The summed E-state index contributed by atoms with van der Waals surface area (Å²) in [7, 11) is 0. The Balaban J connectivity index is 1.99. The summed E-state index contributed by atoms with van der Waals surface area (Å²) in [5, 5.41) is 0. The maximum atomic E-state index is 14.3. The quantitative estimate of drug-likeness (QED) is 0.841. The number of alkyl halides is 2. The molecule has 21 heavy (non-hydrogen) atoms. The van der Waals surface area contributed by atoms with Gasteiger partial charge in [-0.1, -0.05) is 0 Å². The van der Waals surface area contributed by atoms with Gasteiger partial charge in [-0.15, -0.1) is 0 Å². The highest BCUT2D eigenvalue weighted by molar-refractivity contribution is 5.69. The van der Waals surface area contributed by atoms with Crippen LogP contribution in [0.4, 0.5) is 13.6 Å². The lowest BCUT2D eigenvalue weighted by atomic mass is 9.88. The third kappa shape index (κ3) is 3.49. The van der Waals surface area contributed by atoms with E-state index in [-0.39, 0.29) is 18.7 Å². The molecule has 1 aliphatic rings. The largest absolute Gasteiger partial charge is 0.444 e. The molecule has 6 heteroatoms. The number of amides is 1. The molecule has 4 nitrogen and oxygen atoms in total. The van der Waals surface area contributed by atoms with Crippen LogP contribution >= 0.6 is 0 Å².